The summed E-state index contributed by atoms with van der Waals surface area (Å²) in [5.74, 6) is 1.95. The highest BCUT2D eigenvalue weighted by Gasteiger charge is 2.21. The summed E-state index contributed by atoms with van der Waals surface area (Å²) < 4.78 is 19.0. The molecule has 0 aliphatic heterocycles. The van der Waals surface area contributed by atoms with Crippen LogP contribution < -0.4 is 14.9 Å². The lowest BCUT2D eigenvalue weighted by Crippen LogP contribution is -2.05. The van der Waals surface area contributed by atoms with Gasteiger partial charge in [-0.15, -0.1) is 0 Å². The van der Waals surface area contributed by atoms with Crippen LogP contribution in [-0.2, 0) is 4.57 Å². The molecular formula is C20H18ClN2O2P. The number of hydrogen-bond acceptors (Lipinski definition) is 2. The molecule has 3 aromatic rings. The standard InChI is InChI=1S/C20H18ClN2O2P/c21-20(25-19-14-8-3-9-15-19)16-26(24,22-17-10-4-1-5-11-17)23-18-12-6-2-7-13-18/h1-16H,(H2,22,23,24)/b20-16+. The molecule has 0 amide bonds. The first-order valence-electron chi connectivity index (χ1n) is 8.01. The van der Waals surface area contributed by atoms with E-state index in [9.17, 15) is 4.57 Å². The van der Waals surface area contributed by atoms with Crippen LogP contribution in [0, 0.1) is 0 Å². The van der Waals surface area contributed by atoms with E-state index in [-0.39, 0.29) is 5.22 Å². The molecule has 0 aliphatic carbocycles. The summed E-state index contributed by atoms with van der Waals surface area (Å²) in [4.78, 5) is 0. The van der Waals surface area contributed by atoms with Gasteiger partial charge in [0.15, 0.2) is 0 Å². The number of ether oxygens (including phenoxy) is 1. The summed E-state index contributed by atoms with van der Waals surface area (Å²) >= 11 is 6.22. The largest absolute Gasteiger partial charge is 0.445 e. The molecule has 0 unspecified atom stereocenters. The molecule has 0 aliphatic rings. The third-order valence-corrected chi connectivity index (χ3v) is 5.50. The second-order valence-electron chi connectivity index (χ2n) is 5.46. The molecule has 0 fully saturated rings. The molecule has 0 aromatic heterocycles. The number of rotatable bonds is 7. The van der Waals surface area contributed by atoms with Gasteiger partial charge in [0.25, 0.3) is 7.44 Å². The van der Waals surface area contributed by atoms with E-state index in [0.29, 0.717) is 17.1 Å². The number of benzene rings is 3. The van der Waals surface area contributed by atoms with Crippen LogP contribution in [0.4, 0.5) is 11.4 Å². The Balaban J connectivity index is 1.86. The number of hydrogen-bond donors (Lipinski definition) is 2. The van der Waals surface area contributed by atoms with Crippen LogP contribution in [0.3, 0.4) is 0 Å². The van der Waals surface area contributed by atoms with E-state index < -0.39 is 7.44 Å². The fourth-order valence-corrected chi connectivity index (χ4v) is 4.36. The van der Waals surface area contributed by atoms with Crippen LogP contribution in [-0.4, -0.2) is 0 Å². The summed E-state index contributed by atoms with van der Waals surface area (Å²) in [5, 5.41) is 6.07. The van der Waals surface area contributed by atoms with E-state index in [4.69, 9.17) is 16.3 Å². The van der Waals surface area contributed by atoms with E-state index in [0.717, 1.165) is 0 Å². The van der Waals surface area contributed by atoms with E-state index in [1.807, 2.05) is 78.9 Å². The normalized spacial score (nSPS) is 11.7. The Morgan fingerprint density at radius 2 is 1.19 bits per heavy atom. The maximum atomic E-state index is 13.5. The number of para-hydroxylation sites is 3. The van der Waals surface area contributed by atoms with Crippen molar-refractivity contribution in [2.75, 3.05) is 10.2 Å². The van der Waals surface area contributed by atoms with Gasteiger partial charge in [-0.1, -0.05) is 54.6 Å². The third kappa shape index (κ3) is 5.41. The lowest BCUT2D eigenvalue weighted by Gasteiger charge is -2.20. The average molecular weight is 385 g/mol. The first-order chi connectivity index (χ1) is 12.6. The Labute approximate surface area is 158 Å². The van der Waals surface area contributed by atoms with E-state index in [1.165, 1.54) is 5.82 Å². The highest BCUT2D eigenvalue weighted by molar-refractivity contribution is 7.70. The van der Waals surface area contributed by atoms with E-state index in [2.05, 4.69) is 10.2 Å². The molecule has 0 radical (unpaired) electrons. The quantitative estimate of drug-likeness (QED) is 0.359. The Hall–Kier alpha value is -2.68. The van der Waals surface area contributed by atoms with Crippen molar-refractivity contribution in [3.63, 3.8) is 0 Å². The van der Waals surface area contributed by atoms with Gasteiger partial charge in [0.2, 0.25) is 5.22 Å². The molecule has 0 atom stereocenters. The van der Waals surface area contributed by atoms with E-state index >= 15 is 0 Å². The van der Waals surface area contributed by atoms with Gasteiger partial charge in [-0.2, -0.15) is 0 Å². The van der Waals surface area contributed by atoms with Crippen LogP contribution in [0.2, 0.25) is 0 Å². The van der Waals surface area contributed by atoms with Crippen molar-refractivity contribution in [1.82, 2.24) is 0 Å². The van der Waals surface area contributed by atoms with Crippen molar-refractivity contribution in [3.8, 4) is 5.75 Å². The fraction of sp³-hybridized carbons (Fsp3) is 0. The summed E-state index contributed by atoms with van der Waals surface area (Å²) in [6, 6.07) is 27.7. The first kappa shape index (κ1) is 18.1. The SMILES string of the molecule is O=P(/C=C(\Cl)Oc1ccccc1)(Nc1ccccc1)Nc1ccccc1. The molecule has 26 heavy (non-hydrogen) atoms. The van der Waals surface area contributed by atoms with Crippen LogP contribution in [0.5, 0.6) is 5.75 Å². The summed E-state index contributed by atoms with van der Waals surface area (Å²) in [5.41, 5.74) is 1.42. The molecule has 0 saturated carbocycles. The van der Waals surface area contributed by atoms with Crippen molar-refractivity contribution in [3.05, 3.63) is 102 Å². The smallest absolute Gasteiger partial charge is 0.285 e. The summed E-state index contributed by atoms with van der Waals surface area (Å²) in [7, 11) is -3.28. The van der Waals surface area contributed by atoms with Crippen molar-refractivity contribution >= 4 is 30.4 Å². The van der Waals surface area contributed by atoms with E-state index in [1.54, 1.807) is 12.1 Å². The highest BCUT2D eigenvalue weighted by Crippen LogP contribution is 2.48. The van der Waals surface area contributed by atoms with Crippen LogP contribution in [0.25, 0.3) is 0 Å². The van der Waals surface area contributed by atoms with Gasteiger partial charge in [0, 0.05) is 11.4 Å². The maximum Gasteiger partial charge on any atom is 0.285 e. The number of anilines is 2. The first-order valence-corrected chi connectivity index (χ1v) is 10.2. The minimum atomic E-state index is -3.28. The van der Waals surface area contributed by atoms with Crippen LogP contribution in [0.15, 0.2) is 102 Å². The second kappa shape index (κ2) is 8.61. The molecule has 3 rings (SSSR count). The minimum Gasteiger partial charge on any atom is -0.445 e. The predicted octanol–water partition coefficient (Wildman–Crippen LogP) is 6.52. The lowest BCUT2D eigenvalue weighted by atomic mass is 10.3. The third-order valence-electron chi connectivity index (χ3n) is 3.38. The Morgan fingerprint density at radius 3 is 1.65 bits per heavy atom. The lowest BCUT2D eigenvalue weighted by molar-refractivity contribution is 0.463. The second-order valence-corrected chi connectivity index (χ2v) is 7.86. The molecule has 0 spiro atoms. The van der Waals surface area contributed by atoms with Crippen LogP contribution in [0.1, 0.15) is 0 Å². The number of halogens is 1. The van der Waals surface area contributed by atoms with Crippen molar-refractivity contribution in [1.29, 1.82) is 0 Å². The van der Waals surface area contributed by atoms with Gasteiger partial charge in [-0.05, 0) is 48.0 Å². The zero-order valence-corrected chi connectivity index (χ0v) is 15.5. The Kier molecular flexibility index (Phi) is 6.00. The van der Waals surface area contributed by atoms with Gasteiger partial charge in [-0.25, -0.2) is 0 Å². The van der Waals surface area contributed by atoms with Gasteiger partial charge < -0.3 is 14.9 Å². The van der Waals surface area contributed by atoms with Crippen LogP contribution >= 0.6 is 19.0 Å². The van der Waals surface area contributed by atoms with Gasteiger partial charge in [0.05, 0.1) is 5.82 Å². The van der Waals surface area contributed by atoms with Gasteiger partial charge in [0.1, 0.15) is 5.75 Å². The minimum absolute atomic E-state index is 0.0198. The molecule has 0 bridgehead atoms. The molecule has 132 valence electrons. The summed E-state index contributed by atoms with van der Waals surface area (Å²) in [6.07, 6.45) is 0. The topological polar surface area (TPSA) is 50.4 Å². The predicted molar refractivity (Wildman–Crippen MR) is 109 cm³/mol. The highest BCUT2D eigenvalue weighted by atomic mass is 35.5. The molecule has 3 aromatic carbocycles. The number of nitrogens with one attached hydrogen (secondary N) is 2. The van der Waals surface area contributed by atoms with Crippen molar-refractivity contribution < 1.29 is 9.30 Å². The molecule has 6 heteroatoms. The van der Waals surface area contributed by atoms with Crippen molar-refractivity contribution in [2.24, 2.45) is 0 Å². The van der Waals surface area contributed by atoms with Gasteiger partial charge >= 0.3 is 0 Å². The molecule has 0 saturated heterocycles. The Morgan fingerprint density at radius 1 is 0.769 bits per heavy atom. The molecular weight excluding hydrogens is 367 g/mol. The fourth-order valence-electron chi connectivity index (χ4n) is 2.27. The Bertz CT molecular complexity index is 857. The molecule has 4 nitrogen and oxygen atoms in total. The monoisotopic (exact) mass is 384 g/mol. The van der Waals surface area contributed by atoms with Gasteiger partial charge in [-0.3, -0.25) is 4.57 Å². The zero-order chi connectivity index (χ0) is 18.2. The maximum absolute atomic E-state index is 13.5. The summed E-state index contributed by atoms with van der Waals surface area (Å²) in [6.45, 7) is 0. The molecule has 0 heterocycles. The van der Waals surface area contributed by atoms with Crippen molar-refractivity contribution in [2.45, 2.75) is 0 Å². The average Bonchev–Trinajstić information content (AvgIpc) is 2.63. The molecule has 2 N–H and O–H groups in total. The zero-order valence-electron chi connectivity index (χ0n) is 13.9.